The van der Waals surface area contributed by atoms with Gasteiger partial charge in [0.05, 0.1) is 25.7 Å². The predicted octanol–water partition coefficient (Wildman–Crippen LogP) is 2.87. The maximum atomic E-state index is 11.6. The molecule has 0 radical (unpaired) electrons. The third-order valence-electron chi connectivity index (χ3n) is 5.04. The fourth-order valence-electron chi connectivity index (χ4n) is 3.74. The maximum absolute atomic E-state index is 11.6. The normalized spacial score (nSPS) is 21.1. The van der Waals surface area contributed by atoms with Gasteiger partial charge in [-0.1, -0.05) is 31.2 Å². The maximum Gasteiger partial charge on any atom is 0.308 e. The molecule has 4 atom stereocenters. The first-order chi connectivity index (χ1) is 13.2. The molecule has 0 bridgehead atoms. The lowest BCUT2D eigenvalue weighted by Gasteiger charge is -2.31. The van der Waals surface area contributed by atoms with Gasteiger partial charge in [-0.3, -0.25) is 9.59 Å². The topological polar surface area (TPSA) is 93.1 Å². The molecule has 0 unspecified atom stereocenters. The van der Waals surface area contributed by atoms with Crippen LogP contribution in [0.5, 0.6) is 0 Å². The Morgan fingerprint density at radius 1 is 1.32 bits per heavy atom. The molecule has 1 aliphatic rings. The van der Waals surface area contributed by atoms with Crippen LogP contribution in [-0.4, -0.2) is 41.5 Å². The largest absolute Gasteiger partial charge is 0.469 e. The summed E-state index contributed by atoms with van der Waals surface area (Å²) in [6, 6.07) is 4.10. The number of aryl methyl sites for hydroxylation is 1. The van der Waals surface area contributed by atoms with Crippen LogP contribution in [-0.2, 0) is 25.5 Å². The molecule has 0 aliphatic heterocycles. The zero-order valence-electron chi connectivity index (χ0n) is 17.0. The SMILES string of the molecule is COC(=O)C[C@H](O)C[C@H](O)/C=C/c1c(C)ccc2c1[C@H](OC(C)=O)C[C@H](C)C2. The number of carbonyl (C=O) groups excluding carboxylic acids is 2. The summed E-state index contributed by atoms with van der Waals surface area (Å²) in [5.41, 5.74) is 4.09. The van der Waals surface area contributed by atoms with Crippen molar-refractivity contribution in [1.29, 1.82) is 0 Å². The zero-order chi connectivity index (χ0) is 20.8. The van der Waals surface area contributed by atoms with Gasteiger partial charge < -0.3 is 19.7 Å². The quantitative estimate of drug-likeness (QED) is 0.696. The van der Waals surface area contributed by atoms with Gasteiger partial charge in [0, 0.05) is 18.9 Å². The van der Waals surface area contributed by atoms with Crippen molar-refractivity contribution in [1.82, 2.24) is 0 Å². The van der Waals surface area contributed by atoms with Gasteiger partial charge in [0.1, 0.15) is 6.10 Å². The summed E-state index contributed by atoms with van der Waals surface area (Å²) in [7, 11) is 1.26. The van der Waals surface area contributed by atoms with Gasteiger partial charge in [-0.05, 0) is 42.4 Å². The fraction of sp³-hybridized carbons (Fsp3) is 0.545. The van der Waals surface area contributed by atoms with Crippen LogP contribution in [0.2, 0.25) is 0 Å². The number of ether oxygens (including phenoxy) is 2. The molecule has 0 aromatic heterocycles. The molecule has 2 N–H and O–H groups in total. The molecule has 0 heterocycles. The molecule has 0 spiro atoms. The van der Waals surface area contributed by atoms with E-state index in [0.29, 0.717) is 5.92 Å². The van der Waals surface area contributed by atoms with E-state index in [1.807, 2.05) is 19.1 Å². The van der Waals surface area contributed by atoms with Crippen molar-refractivity contribution >= 4 is 18.0 Å². The molecule has 0 saturated heterocycles. The van der Waals surface area contributed by atoms with Crippen molar-refractivity contribution < 1.29 is 29.3 Å². The number of esters is 2. The lowest BCUT2D eigenvalue weighted by atomic mass is 9.79. The first-order valence-electron chi connectivity index (χ1n) is 9.62. The van der Waals surface area contributed by atoms with Gasteiger partial charge in [-0.15, -0.1) is 0 Å². The Bertz CT molecular complexity index is 739. The number of rotatable bonds is 7. The first-order valence-corrected chi connectivity index (χ1v) is 9.62. The van der Waals surface area contributed by atoms with Crippen LogP contribution in [0, 0.1) is 12.8 Å². The molecule has 1 aliphatic carbocycles. The molecule has 154 valence electrons. The fourth-order valence-corrected chi connectivity index (χ4v) is 3.74. The number of aliphatic hydroxyl groups excluding tert-OH is 2. The smallest absolute Gasteiger partial charge is 0.308 e. The molecular weight excluding hydrogens is 360 g/mol. The van der Waals surface area contributed by atoms with Crippen molar-refractivity contribution in [3.05, 3.63) is 40.5 Å². The molecule has 6 heteroatoms. The molecule has 6 nitrogen and oxygen atoms in total. The highest BCUT2D eigenvalue weighted by molar-refractivity contribution is 5.69. The lowest BCUT2D eigenvalue weighted by Crippen LogP contribution is -2.22. The summed E-state index contributed by atoms with van der Waals surface area (Å²) in [4.78, 5) is 22.8. The molecular formula is C22H30O6. The lowest BCUT2D eigenvalue weighted by molar-refractivity contribution is -0.148. The van der Waals surface area contributed by atoms with Crippen molar-refractivity contribution in [3.8, 4) is 0 Å². The second-order valence-electron chi connectivity index (χ2n) is 7.61. The Hall–Kier alpha value is -2.18. The van der Waals surface area contributed by atoms with E-state index in [1.165, 1.54) is 14.0 Å². The number of fused-ring (bicyclic) bond motifs is 1. The summed E-state index contributed by atoms with van der Waals surface area (Å²) in [6.07, 6.45) is 2.76. The molecule has 0 amide bonds. The van der Waals surface area contributed by atoms with Gasteiger partial charge in [0.25, 0.3) is 0 Å². The second-order valence-corrected chi connectivity index (χ2v) is 7.61. The predicted molar refractivity (Wildman–Crippen MR) is 105 cm³/mol. The summed E-state index contributed by atoms with van der Waals surface area (Å²) in [5.74, 6) is -0.419. The Morgan fingerprint density at radius 2 is 2.04 bits per heavy atom. The monoisotopic (exact) mass is 390 g/mol. The van der Waals surface area contributed by atoms with Crippen LogP contribution in [0.1, 0.15) is 61.5 Å². The first kappa shape index (κ1) is 22.1. The number of benzene rings is 1. The average molecular weight is 390 g/mol. The van der Waals surface area contributed by atoms with Crippen LogP contribution < -0.4 is 0 Å². The molecule has 0 fully saturated rings. The standard InChI is InChI=1S/C22H30O6/c1-13-9-16-6-5-14(2)19(22(16)20(10-13)28-15(3)23)8-7-17(24)11-18(25)12-21(26)27-4/h5-8,13,17-18,20,24-25H,9-12H2,1-4H3/b8-7+/t13-,17-,18-,20-/m1/s1. The van der Waals surface area contributed by atoms with E-state index in [4.69, 9.17) is 4.74 Å². The minimum absolute atomic E-state index is 0.0318. The number of carbonyl (C=O) groups is 2. The summed E-state index contributed by atoms with van der Waals surface area (Å²) in [5, 5.41) is 20.1. The van der Waals surface area contributed by atoms with Crippen LogP contribution >= 0.6 is 0 Å². The third kappa shape index (κ3) is 5.91. The second kappa shape index (κ2) is 9.85. The molecule has 2 rings (SSSR count). The minimum Gasteiger partial charge on any atom is -0.469 e. The Morgan fingerprint density at radius 3 is 2.68 bits per heavy atom. The highest BCUT2D eigenvalue weighted by Gasteiger charge is 2.29. The van der Waals surface area contributed by atoms with E-state index in [9.17, 15) is 19.8 Å². The van der Waals surface area contributed by atoms with E-state index >= 15 is 0 Å². The highest BCUT2D eigenvalue weighted by atomic mass is 16.5. The summed E-state index contributed by atoms with van der Waals surface area (Å²) in [6.45, 7) is 5.53. The van der Waals surface area contributed by atoms with Gasteiger partial charge in [-0.2, -0.15) is 0 Å². The zero-order valence-corrected chi connectivity index (χ0v) is 17.0. The van der Waals surface area contributed by atoms with Gasteiger partial charge in [0.2, 0.25) is 0 Å². The van der Waals surface area contributed by atoms with Gasteiger partial charge in [-0.25, -0.2) is 0 Å². The van der Waals surface area contributed by atoms with E-state index in [-0.39, 0.29) is 24.9 Å². The molecule has 1 aromatic rings. The molecule has 1 aromatic carbocycles. The highest BCUT2D eigenvalue weighted by Crippen LogP contribution is 2.39. The van der Waals surface area contributed by atoms with Crippen LogP contribution in [0.15, 0.2) is 18.2 Å². The Balaban J connectivity index is 2.23. The number of hydrogen-bond acceptors (Lipinski definition) is 6. The minimum atomic E-state index is -0.979. The number of hydrogen-bond donors (Lipinski definition) is 2. The van der Waals surface area contributed by atoms with E-state index in [1.54, 1.807) is 6.08 Å². The van der Waals surface area contributed by atoms with Crippen LogP contribution in [0.25, 0.3) is 6.08 Å². The van der Waals surface area contributed by atoms with Crippen molar-refractivity contribution in [2.45, 2.75) is 64.8 Å². The Kier molecular flexibility index (Phi) is 7.78. The van der Waals surface area contributed by atoms with E-state index in [2.05, 4.69) is 17.7 Å². The van der Waals surface area contributed by atoms with Crippen molar-refractivity contribution in [3.63, 3.8) is 0 Å². The van der Waals surface area contributed by atoms with E-state index in [0.717, 1.165) is 35.1 Å². The average Bonchev–Trinajstić information content (AvgIpc) is 2.60. The van der Waals surface area contributed by atoms with Crippen molar-refractivity contribution in [2.75, 3.05) is 7.11 Å². The van der Waals surface area contributed by atoms with Crippen molar-refractivity contribution in [2.24, 2.45) is 5.92 Å². The Labute approximate surface area is 166 Å². The third-order valence-corrected chi connectivity index (χ3v) is 5.04. The summed E-state index contributed by atoms with van der Waals surface area (Å²) < 4.78 is 10.1. The number of methoxy groups -OCH3 is 1. The van der Waals surface area contributed by atoms with Gasteiger partial charge >= 0.3 is 11.9 Å². The van der Waals surface area contributed by atoms with Crippen LogP contribution in [0.4, 0.5) is 0 Å². The van der Waals surface area contributed by atoms with Crippen LogP contribution in [0.3, 0.4) is 0 Å². The summed E-state index contributed by atoms with van der Waals surface area (Å²) >= 11 is 0. The van der Waals surface area contributed by atoms with Gasteiger partial charge in [0.15, 0.2) is 0 Å². The molecule has 28 heavy (non-hydrogen) atoms. The molecule has 0 saturated carbocycles. The number of aliphatic hydroxyl groups is 2. The van der Waals surface area contributed by atoms with E-state index < -0.39 is 18.2 Å².